The summed E-state index contributed by atoms with van der Waals surface area (Å²) in [5.74, 6) is -0.163. The van der Waals surface area contributed by atoms with Crippen LogP contribution >= 0.6 is 0 Å². The van der Waals surface area contributed by atoms with Gasteiger partial charge in [-0.15, -0.1) is 0 Å². The van der Waals surface area contributed by atoms with Gasteiger partial charge >= 0.3 is 0 Å². The number of likely N-dealkylation sites (N-methyl/N-ethyl adjacent to an activating group) is 1. The summed E-state index contributed by atoms with van der Waals surface area (Å²) in [6.07, 6.45) is 1.95. The average molecular weight is 441 g/mol. The summed E-state index contributed by atoms with van der Waals surface area (Å²) in [4.78, 5) is 27.3. The molecule has 4 aromatic rings. The normalized spacial score (nSPS) is 11.9. The molecular weight excluding hydrogens is 412 g/mol. The molecule has 1 N–H and O–H groups in total. The van der Waals surface area contributed by atoms with Crippen molar-refractivity contribution in [3.63, 3.8) is 0 Å². The molecule has 0 aliphatic heterocycles. The highest BCUT2D eigenvalue weighted by Gasteiger charge is 2.20. The molecule has 4 rings (SSSR count). The van der Waals surface area contributed by atoms with Crippen LogP contribution in [0.5, 0.6) is 0 Å². The van der Waals surface area contributed by atoms with Crippen molar-refractivity contribution in [3.8, 4) is 0 Å². The second-order valence-electron chi connectivity index (χ2n) is 8.45. The van der Waals surface area contributed by atoms with Gasteiger partial charge < -0.3 is 14.6 Å². The van der Waals surface area contributed by atoms with Gasteiger partial charge in [-0.1, -0.05) is 42.5 Å². The third-order valence-corrected chi connectivity index (χ3v) is 6.32. The Balaban J connectivity index is 1.47. The van der Waals surface area contributed by atoms with Crippen LogP contribution in [0.3, 0.4) is 0 Å². The quantitative estimate of drug-likeness (QED) is 0.396. The predicted octanol–water partition coefficient (Wildman–Crippen LogP) is 6.06. The van der Waals surface area contributed by atoms with Gasteiger partial charge in [0.25, 0.3) is 5.91 Å². The first-order chi connectivity index (χ1) is 15.8. The van der Waals surface area contributed by atoms with Crippen LogP contribution in [-0.4, -0.2) is 23.8 Å². The number of amides is 2. The fraction of sp³-hybridized carbons (Fsp3) is 0.214. The molecule has 1 aromatic heterocycles. The SMILES string of the molecule is Cc1ccc2c(CC(=O)N(C)[C@@H](C)c3cccc(NC(=O)c4ccccc4)c3)coc2c1C. The van der Waals surface area contributed by atoms with Crippen LogP contribution in [0.2, 0.25) is 0 Å². The minimum Gasteiger partial charge on any atom is -0.464 e. The van der Waals surface area contributed by atoms with Crippen molar-refractivity contribution in [2.24, 2.45) is 0 Å². The number of carbonyl (C=O) groups is 2. The highest BCUT2D eigenvalue weighted by Crippen LogP contribution is 2.28. The molecule has 0 bridgehead atoms. The van der Waals surface area contributed by atoms with E-state index in [1.807, 2.05) is 69.3 Å². The Hall–Kier alpha value is -3.86. The first-order valence-corrected chi connectivity index (χ1v) is 11.0. The van der Waals surface area contributed by atoms with Gasteiger partial charge in [0.1, 0.15) is 5.58 Å². The van der Waals surface area contributed by atoms with E-state index in [9.17, 15) is 9.59 Å². The van der Waals surface area contributed by atoms with E-state index >= 15 is 0 Å². The van der Waals surface area contributed by atoms with Gasteiger partial charge in [-0.25, -0.2) is 0 Å². The number of carbonyl (C=O) groups excluding carboxylic acids is 2. The van der Waals surface area contributed by atoms with E-state index in [2.05, 4.69) is 11.4 Å². The van der Waals surface area contributed by atoms with Crippen molar-refractivity contribution in [2.45, 2.75) is 33.2 Å². The number of nitrogens with one attached hydrogen (secondary N) is 1. The van der Waals surface area contributed by atoms with Crippen LogP contribution in [-0.2, 0) is 11.2 Å². The molecule has 5 nitrogen and oxygen atoms in total. The Kier molecular flexibility index (Phi) is 6.31. The molecule has 1 heterocycles. The van der Waals surface area contributed by atoms with Gasteiger partial charge in [-0.05, 0) is 61.7 Å². The molecule has 0 aliphatic rings. The summed E-state index contributed by atoms with van der Waals surface area (Å²) >= 11 is 0. The fourth-order valence-electron chi connectivity index (χ4n) is 3.92. The topological polar surface area (TPSA) is 62.6 Å². The lowest BCUT2D eigenvalue weighted by Gasteiger charge is -2.26. The van der Waals surface area contributed by atoms with Gasteiger partial charge in [-0.3, -0.25) is 9.59 Å². The Bertz CT molecular complexity index is 1310. The highest BCUT2D eigenvalue weighted by molar-refractivity contribution is 6.04. The average Bonchev–Trinajstić information content (AvgIpc) is 3.24. The summed E-state index contributed by atoms with van der Waals surface area (Å²) < 4.78 is 5.76. The third kappa shape index (κ3) is 4.67. The number of hydrogen-bond donors (Lipinski definition) is 1. The molecule has 0 aliphatic carbocycles. The number of aryl methyl sites for hydroxylation is 2. The molecule has 0 saturated heterocycles. The van der Waals surface area contributed by atoms with Crippen LogP contribution in [0.25, 0.3) is 11.0 Å². The summed E-state index contributed by atoms with van der Waals surface area (Å²) in [5, 5.41) is 3.92. The first-order valence-electron chi connectivity index (χ1n) is 11.0. The monoisotopic (exact) mass is 440 g/mol. The Morgan fingerprint density at radius 1 is 1.00 bits per heavy atom. The largest absolute Gasteiger partial charge is 0.464 e. The van der Waals surface area contributed by atoms with Gasteiger partial charge in [0.2, 0.25) is 5.91 Å². The van der Waals surface area contributed by atoms with Crippen LogP contribution in [0.1, 0.15) is 45.6 Å². The fourth-order valence-corrected chi connectivity index (χ4v) is 3.92. The lowest BCUT2D eigenvalue weighted by atomic mass is 10.0. The lowest BCUT2D eigenvalue weighted by Crippen LogP contribution is -2.31. The second kappa shape index (κ2) is 9.33. The molecule has 168 valence electrons. The Labute approximate surface area is 194 Å². The van der Waals surface area contributed by atoms with E-state index in [4.69, 9.17) is 4.42 Å². The second-order valence-corrected chi connectivity index (χ2v) is 8.45. The summed E-state index contributed by atoms with van der Waals surface area (Å²) in [7, 11) is 1.81. The number of hydrogen-bond acceptors (Lipinski definition) is 3. The molecular formula is C28H28N2O3. The van der Waals surface area contributed by atoms with E-state index in [0.717, 1.165) is 27.7 Å². The van der Waals surface area contributed by atoms with Crippen molar-refractivity contribution in [1.82, 2.24) is 4.90 Å². The van der Waals surface area contributed by atoms with Crippen molar-refractivity contribution >= 4 is 28.5 Å². The van der Waals surface area contributed by atoms with Crippen LogP contribution in [0.4, 0.5) is 5.69 Å². The number of nitrogens with zero attached hydrogens (tertiary/aromatic N) is 1. The smallest absolute Gasteiger partial charge is 0.255 e. The maximum Gasteiger partial charge on any atom is 0.255 e. The zero-order valence-electron chi connectivity index (χ0n) is 19.4. The van der Waals surface area contributed by atoms with Gasteiger partial charge in [0, 0.05) is 29.2 Å². The summed E-state index contributed by atoms with van der Waals surface area (Å²) in [5.41, 5.74) is 6.24. The van der Waals surface area contributed by atoms with Crippen LogP contribution in [0, 0.1) is 13.8 Å². The van der Waals surface area contributed by atoms with E-state index in [1.54, 1.807) is 30.3 Å². The minimum absolute atomic E-state index is 0.00199. The molecule has 0 radical (unpaired) electrons. The molecule has 5 heteroatoms. The van der Waals surface area contributed by atoms with E-state index in [0.29, 0.717) is 11.3 Å². The molecule has 0 saturated carbocycles. The molecule has 3 aromatic carbocycles. The van der Waals surface area contributed by atoms with Gasteiger partial charge in [0.05, 0.1) is 18.7 Å². The molecule has 33 heavy (non-hydrogen) atoms. The van der Waals surface area contributed by atoms with E-state index < -0.39 is 0 Å². The number of benzene rings is 3. The van der Waals surface area contributed by atoms with Crippen molar-refractivity contribution in [1.29, 1.82) is 0 Å². The van der Waals surface area contributed by atoms with Crippen molar-refractivity contribution in [2.75, 3.05) is 12.4 Å². The number of anilines is 1. The third-order valence-electron chi connectivity index (χ3n) is 6.32. The van der Waals surface area contributed by atoms with E-state index in [1.165, 1.54) is 5.56 Å². The van der Waals surface area contributed by atoms with Crippen molar-refractivity contribution < 1.29 is 14.0 Å². The highest BCUT2D eigenvalue weighted by atomic mass is 16.3. The summed E-state index contributed by atoms with van der Waals surface area (Å²) in [6, 6.07) is 20.6. The minimum atomic E-state index is -0.165. The molecule has 0 unspecified atom stereocenters. The molecule has 0 fully saturated rings. The number of fused-ring (bicyclic) bond motifs is 1. The number of furan rings is 1. The van der Waals surface area contributed by atoms with Gasteiger partial charge in [-0.2, -0.15) is 0 Å². The molecule has 2 amide bonds. The molecule has 1 atom stereocenters. The zero-order valence-corrected chi connectivity index (χ0v) is 19.4. The maximum atomic E-state index is 13.1. The van der Waals surface area contributed by atoms with Crippen LogP contribution in [0.15, 0.2) is 77.4 Å². The van der Waals surface area contributed by atoms with Crippen molar-refractivity contribution in [3.05, 3.63) is 101 Å². The first kappa shape index (κ1) is 22.3. The van der Waals surface area contributed by atoms with Crippen LogP contribution < -0.4 is 5.32 Å². The maximum absolute atomic E-state index is 13.1. The summed E-state index contributed by atoms with van der Waals surface area (Å²) in [6.45, 7) is 6.06. The standard InChI is InChI=1S/C28H28N2O3/c1-18-13-14-25-23(17-33-27(25)19(18)2)16-26(31)30(4)20(3)22-11-8-12-24(15-22)29-28(32)21-9-6-5-7-10-21/h5-15,17,20H,16H2,1-4H3,(H,29,32)/t20-/m0/s1. The zero-order chi connectivity index (χ0) is 23.5. The number of rotatable bonds is 6. The molecule has 0 spiro atoms. The Morgan fingerprint density at radius 3 is 2.52 bits per heavy atom. The predicted molar refractivity (Wildman–Crippen MR) is 131 cm³/mol. The Morgan fingerprint density at radius 2 is 1.76 bits per heavy atom. The lowest BCUT2D eigenvalue weighted by molar-refractivity contribution is -0.131. The van der Waals surface area contributed by atoms with E-state index in [-0.39, 0.29) is 24.3 Å². The van der Waals surface area contributed by atoms with Gasteiger partial charge in [0.15, 0.2) is 0 Å².